The van der Waals surface area contributed by atoms with Crippen LogP contribution >= 0.6 is 0 Å². The summed E-state index contributed by atoms with van der Waals surface area (Å²) in [5.41, 5.74) is 2.53. The summed E-state index contributed by atoms with van der Waals surface area (Å²) in [6.45, 7) is 14.6. The Morgan fingerprint density at radius 3 is 2.26 bits per heavy atom. The van der Waals surface area contributed by atoms with Gasteiger partial charge in [-0.1, -0.05) is 52.8 Å². The molecule has 1 N–H and O–H groups in total. The van der Waals surface area contributed by atoms with Gasteiger partial charge in [-0.05, 0) is 54.5 Å². The SMILES string of the molecule is CC(C)CCOc1cccc(NC[C@@H](C)Oc2ccc(C(C)(C)C)cc2)c1. The molecule has 0 aliphatic rings. The fraction of sp³-hybridized carbons (Fsp3) is 0.500. The second-order valence-electron chi connectivity index (χ2n) is 8.64. The van der Waals surface area contributed by atoms with Gasteiger partial charge >= 0.3 is 0 Å². The molecule has 0 amide bonds. The number of hydrogen-bond donors (Lipinski definition) is 1. The lowest BCUT2D eigenvalue weighted by Gasteiger charge is -2.20. The summed E-state index contributed by atoms with van der Waals surface area (Å²) >= 11 is 0. The van der Waals surface area contributed by atoms with Gasteiger partial charge in [-0.2, -0.15) is 0 Å². The predicted molar refractivity (Wildman–Crippen MR) is 115 cm³/mol. The lowest BCUT2D eigenvalue weighted by atomic mass is 9.87. The van der Waals surface area contributed by atoms with E-state index in [2.05, 4.69) is 77.2 Å². The standard InChI is InChI=1S/C24H35NO2/c1-18(2)14-15-26-23-9-7-8-21(16-23)25-17-19(3)27-22-12-10-20(11-13-22)24(4,5)6/h7-13,16,18-19,25H,14-15,17H2,1-6H3/t19-/m1/s1. The van der Waals surface area contributed by atoms with Crippen molar-refractivity contribution < 1.29 is 9.47 Å². The molecule has 2 aromatic carbocycles. The van der Waals surface area contributed by atoms with Gasteiger partial charge < -0.3 is 14.8 Å². The van der Waals surface area contributed by atoms with Crippen molar-refractivity contribution >= 4 is 5.69 Å². The lowest BCUT2D eigenvalue weighted by molar-refractivity contribution is 0.234. The van der Waals surface area contributed by atoms with E-state index in [-0.39, 0.29) is 11.5 Å². The number of anilines is 1. The smallest absolute Gasteiger partial charge is 0.121 e. The molecular formula is C24H35NO2. The van der Waals surface area contributed by atoms with Gasteiger partial charge in [0.2, 0.25) is 0 Å². The maximum absolute atomic E-state index is 6.03. The molecule has 2 rings (SSSR count). The summed E-state index contributed by atoms with van der Waals surface area (Å²) in [6, 6.07) is 16.5. The molecule has 0 aliphatic heterocycles. The van der Waals surface area contributed by atoms with E-state index < -0.39 is 0 Å². The quantitative estimate of drug-likeness (QED) is 0.563. The van der Waals surface area contributed by atoms with Gasteiger partial charge in [0, 0.05) is 11.8 Å². The molecule has 0 radical (unpaired) electrons. The molecule has 0 heterocycles. The van der Waals surface area contributed by atoms with Crippen molar-refractivity contribution in [2.24, 2.45) is 5.92 Å². The molecule has 0 fully saturated rings. The van der Waals surface area contributed by atoms with Crippen molar-refractivity contribution in [3.63, 3.8) is 0 Å². The Morgan fingerprint density at radius 1 is 0.926 bits per heavy atom. The summed E-state index contributed by atoms with van der Waals surface area (Å²) in [7, 11) is 0. The molecule has 2 aromatic rings. The predicted octanol–water partition coefficient (Wildman–Crippen LogP) is 6.29. The van der Waals surface area contributed by atoms with Gasteiger partial charge in [-0.3, -0.25) is 0 Å². The molecule has 0 unspecified atom stereocenters. The molecule has 0 aromatic heterocycles. The highest BCUT2D eigenvalue weighted by Gasteiger charge is 2.13. The second-order valence-corrected chi connectivity index (χ2v) is 8.64. The number of nitrogens with one attached hydrogen (secondary N) is 1. The van der Waals surface area contributed by atoms with Gasteiger partial charge in [-0.25, -0.2) is 0 Å². The first kappa shape index (κ1) is 21.1. The van der Waals surface area contributed by atoms with Gasteiger partial charge in [0.25, 0.3) is 0 Å². The third kappa shape index (κ3) is 7.54. The average Bonchev–Trinajstić information content (AvgIpc) is 2.60. The first-order chi connectivity index (χ1) is 12.7. The first-order valence-electron chi connectivity index (χ1n) is 9.98. The molecule has 0 spiro atoms. The molecule has 3 heteroatoms. The van der Waals surface area contributed by atoms with Crippen LogP contribution in [0.15, 0.2) is 48.5 Å². The normalized spacial score (nSPS) is 12.7. The topological polar surface area (TPSA) is 30.5 Å². The van der Waals surface area contributed by atoms with Crippen molar-refractivity contribution in [2.45, 2.75) is 59.5 Å². The first-order valence-corrected chi connectivity index (χ1v) is 9.98. The summed E-state index contributed by atoms with van der Waals surface area (Å²) in [4.78, 5) is 0. The van der Waals surface area contributed by atoms with E-state index in [1.807, 2.05) is 18.2 Å². The Kier molecular flexibility index (Phi) is 7.58. The fourth-order valence-electron chi connectivity index (χ4n) is 2.68. The largest absolute Gasteiger partial charge is 0.494 e. The lowest BCUT2D eigenvalue weighted by Crippen LogP contribution is -2.22. The minimum atomic E-state index is 0.0657. The molecule has 1 atom stereocenters. The van der Waals surface area contributed by atoms with Crippen LogP contribution in [0.1, 0.15) is 53.5 Å². The molecule has 0 aliphatic carbocycles. The van der Waals surface area contributed by atoms with Crippen LogP contribution in [0, 0.1) is 5.92 Å². The Hall–Kier alpha value is -2.16. The zero-order valence-corrected chi connectivity index (χ0v) is 17.7. The Bertz CT molecular complexity index is 686. The minimum Gasteiger partial charge on any atom is -0.494 e. The van der Waals surface area contributed by atoms with E-state index in [4.69, 9.17) is 9.47 Å². The summed E-state index contributed by atoms with van der Waals surface area (Å²) in [5.74, 6) is 2.47. The number of ether oxygens (including phenoxy) is 2. The van der Waals surface area contributed by atoms with Crippen LogP contribution in [0.25, 0.3) is 0 Å². The van der Waals surface area contributed by atoms with Gasteiger partial charge in [-0.15, -0.1) is 0 Å². The van der Waals surface area contributed by atoms with E-state index in [0.717, 1.165) is 36.8 Å². The summed E-state index contributed by atoms with van der Waals surface area (Å²) in [6.07, 6.45) is 1.13. The van der Waals surface area contributed by atoms with Crippen molar-refractivity contribution in [3.8, 4) is 11.5 Å². The average molecular weight is 370 g/mol. The summed E-state index contributed by atoms with van der Waals surface area (Å²) < 4.78 is 11.9. The number of benzene rings is 2. The maximum Gasteiger partial charge on any atom is 0.121 e. The zero-order valence-electron chi connectivity index (χ0n) is 17.7. The number of hydrogen-bond acceptors (Lipinski definition) is 3. The van der Waals surface area contributed by atoms with E-state index >= 15 is 0 Å². The minimum absolute atomic E-state index is 0.0657. The van der Waals surface area contributed by atoms with Crippen molar-refractivity contribution in [1.29, 1.82) is 0 Å². The van der Waals surface area contributed by atoms with Crippen LogP contribution in [-0.2, 0) is 5.41 Å². The molecule has 27 heavy (non-hydrogen) atoms. The number of rotatable bonds is 9. The highest BCUT2D eigenvalue weighted by molar-refractivity contribution is 5.48. The molecule has 0 saturated carbocycles. The Morgan fingerprint density at radius 2 is 1.63 bits per heavy atom. The van der Waals surface area contributed by atoms with Crippen LogP contribution in [-0.4, -0.2) is 19.3 Å². The molecule has 3 nitrogen and oxygen atoms in total. The van der Waals surface area contributed by atoms with Crippen LogP contribution in [0.4, 0.5) is 5.69 Å². The van der Waals surface area contributed by atoms with Gasteiger partial charge in [0.15, 0.2) is 0 Å². The highest BCUT2D eigenvalue weighted by atomic mass is 16.5. The van der Waals surface area contributed by atoms with Crippen molar-refractivity contribution in [3.05, 3.63) is 54.1 Å². The van der Waals surface area contributed by atoms with Crippen LogP contribution in [0.3, 0.4) is 0 Å². The van der Waals surface area contributed by atoms with Crippen LogP contribution < -0.4 is 14.8 Å². The zero-order chi connectivity index (χ0) is 19.9. The fourth-order valence-corrected chi connectivity index (χ4v) is 2.68. The Balaban J connectivity index is 1.82. The van der Waals surface area contributed by atoms with Gasteiger partial charge in [0.1, 0.15) is 17.6 Å². The van der Waals surface area contributed by atoms with E-state index in [0.29, 0.717) is 5.92 Å². The molecular weight excluding hydrogens is 334 g/mol. The maximum atomic E-state index is 6.03. The summed E-state index contributed by atoms with van der Waals surface area (Å²) in [5, 5.41) is 3.43. The van der Waals surface area contributed by atoms with Gasteiger partial charge in [0.05, 0.1) is 13.2 Å². The van der Waals surface area contributed by atoms with Crippen molar-refractivity contribution in [1.82, 2.24) is 0 Å². The van der Waals surface area contributed by atoms with E-state index in [1.54, 1.807) is 0 Å². The third-order valence-electron chi connectivity index (χ3n) is 4.45. The van der Waals surface area contributed by atoms with E-state index in [9.17, 15) is 0 Å². The van der Waals surface area contributed by atoms with E-state index in [1.165, 1.54) is 5.56 Å². The third-order valence-corrected chi connectivity index (χ3v) is 4.45. The van der Waals surface area contributed by atoms with Crippen LogP contribution in [0.2, 0.25) is 0 Å². The highest BCUT2D eigenvalue weighted by Crippen LogP contribution is 2.25. The monoisotopic (exact) mass is 369 g/mol. The molecule has 0 bridgehead atoms. The van der Waals surface area contributed by atoms with Crippen LogP contribution in [0.5, 0.6) is 11.5 Å². The van der Waals surface area contributed by atoms with Crippen molar-refractivity contribution in [2.75, 3.05) is 18.5 Å². The second kappa shape index (κ2) is 9.68. The molecule has 148 valence electrons. The molecule has 0 saturated heterocycles. The Labute approximate surface area is 165 Å².